The largest absolute Gasteiger partial charge is 0.479 e. The Morgan fingerprint density at radius 2 is 1.21 bits per heavy atom. The summed E-state index contributed by atoms with van der Waals surface area (Å²) >= 11 is 0. The zero-order valence-corrected chi connectivity index (χ0v) is 7.08. The predicted molar refractivity (Wildman–Crippen MR) is 41.5 cm³/mol. The van der Waals surface area contributed by atoms with Gasteiger partial charge in [0, 0.05) is 12.8 Å². The Labute approximate surface area is 78.6 Å². The van der Waals surface area contributed by atoms with Gasteiger partial charge in [0.2, 0.25) is 0 Å². The van der Waals surface area contributed by atoms with Crippen LogP contribution in [-0.2, 0) is 14.4 Å². The van der Waals surface area contributed by atoms with Gasteiger partial charge in [-0.25, -0.2) is 9.59 Å². The van der Waals surface area contributed by atoms with E-state index in [0.29, 0.717) is 5.78 Å². The quantitative estimate of drug-likeness (QED) is 0.429. The molecule has 7 nitrogen and oxygen atoms in total. The van der Waals surface area contributed by atoms with Gasteiger partial charge in [-0.2, -0.15) is 0 Å². The molecule has 4 N–H and O–H groups in total. The molecule has 2 unspecified atom stereocenters. The zero-order valence-electron chi connectivity index (χ0n) is 7.08. The van der Waals surface area contributed by atoms with Crippen LogP contribution in [0.4, 0.5) is 0 Å². The molecule has 0 heterocycles. The van der Waals surface area contributed by atoms with E-state index in [-0.39, 0.29) is 0 Å². The first-order chi connectivity index (χ1) is 6.36. The highest BCUT2D eigenvalue weighted by Gasteiger charge is 2.29. The molecule has 0 bridgehead atoms. The lowest BCUT2D eigenvalue weighted by Crippen LogP contribution is -2.39. The summed E-state index contributed by atoms with van der Waals surface area (Å²) in [6.07, 6.45) is -2.84. The van der Waals surface area contributed by atoms with Crippen LogP contribution < -0.4 is 0 Å². The molecular formula is C7H10O7. The Kier molecular flexibility index (Phi) is 4.74. The van der Waals surface area contributed by atoms with Crippen LogP contribution in [0.15, 0.2) is 0 Å². The smallest absolute Gasteiger partial charge is 0.335 e. The van der Waals surface area contributed by atoms with Crippen LogP contribution in [0.1, 0.15) is 12.8 Å². The number of Topliss-reactive ketones (excluding diaryl/α,β-unsaturated/α-hetero) is 1. The first kappa shape index (κ1) is 12.5. The van der Waals surface area contributed by atoms with Gasteiger partial charge in [0.1, 0.15) is 5.78 Å². The molecule has 2 atom stereocenters. The molecule has 1 saturated carbocycles. The van der Waals surface area contributed by atoms with Gasteiger partial charge in [-0.15, -0.1) is 0 Å². The van der Waals surface area contributed by atoms with Crippen LogP contribution >= 0.6 is 0 Å². The highest BCUT2D eigenvalue weighted by Crippen LogP contribution is 2.08. The maximum absolute atomic E-state index is 9.77. The van der Waals surface area contributed by atoms with Crippen molar-refractivity contribution in [3.8, 4) is 0 Å². The summed E-state index contributed by atoms with van der Waals surface area (Å²) in [7, 11) is 0. The van der Waals surface area contributed by atoms with Crippen molar-refractivity contribution in [1.29, 1.82) is 0 Å². The Balaban J connectivity index is 0.000000344. The van der Waals surface area contributed by atoms with E-state index >= 15 is 0 Å². The van der Waals surface area contributed by atoms with Gasteiger partial charge in [0.15, 0.2) is 12.2 Å². The van der Waals surface area contributed by atoms with Crippen molar-refractivity contribution in [2.24, 2.45) is 0 Å². The number of ketones is 1. The minimum atomic E-state index is -2.27. The molecule has 1 aliphatic carbocycles. The van der Waals surface area contributed by atoms with E-state index in [1.165, 1.54) is 0 Å². The molecule has 1 aliphatic rings. The van der Waals surface area contributed by atoms with E-state index in [2.05, 4.69) is 0 Å². The molecule has 7 heteroatoms. The zero-order chi connectivity index (χ0) is 11.3. The fourth-order valence-corrected chi connectivity index (χ4v) is 0.321. The molecule has 0 aliphatic heterocycles. The minimum absolute atomic E-state index is 0.417. The van der Waals surface area contributed by atoms with E-state index in [4.69, 9.17) is 20.4 Å². The molecule has 1 rings (SSSR count). The standard InChI is InChI=1S/C4H6O6.C3H4O/c5-1(3(7)8)2(6)4(9)10;4-3-1-2-3/h1-2,5-6H,(H,7,8)(H,9,10);1-2H2. The third-order valence-electron chi connectivity index (χ3n) is 1.26. The molecule has 0 aromatic heterocycles. The molecule has 0 spiro atoms. The summed E-state index contributed by atoms with van der Waals surface area (Å²) in [6, 6.07) is 0. The van der Waals surface area contributed by atoms with Crippen molar-refractivity contribution >= 4 is 17.7 Å². The third-order valence-corrected chi connectivity index (χ3v) is 1.26. The number of carboxylic acid groups (broad SMARTS) is 2. The predicted octanol–water partition coefficient (Wildman–Crippen LogP) is -1.77. The number of aliphatic carboxylic acids is 2. The summed E-state index contributed by atoms with van der Waals surface area (Å²) in [5, 5.41) is 32.5. The van der Waals surface area contributed by atoms with Gasteiger partial charge in [-0.1, -0.05) is 0 Å². The van der Waals surface area contributed by atoms with Crippen LogP contribution in [0.5, 0.6) is 0 Å². The Morgan fingerprint density at radius 3 is 1.29 bits per heavy atom. The van der Waals surface area contributed by atoms with Crippen molar-refractivity contribution < 1.29 is 34.8 Å². The first-order valence-electron chi connectivity index (χ1n) is 3.69. The fraction of sp³-hybridized carbons (Fsp3) is 0.571. The molecule has 0 saturated heterocycles. The maximum atomic E-state index is 9.77. The van der Waals surface area contributed by atoms with E-state index in [1.807, 2.05) is 0 Å². The average Bonchev–Trinajstić information content (AvgIpc) is 2.85. The number of aliphatic hydroxyl groups excluding tert-OH is 2. The second kappa shape index (κ2) is 5.30. The van der Waals surface area contributed by atoms with Gasteiger partial charge in [0.05, 0.1) is 0 Å². The van der Waals surface area contributed by atoms with Crippen molar-refractivity contribution in [3.05, 3.63) is 0 Å². The number of carbonyl (C=O) groups is 3. The molecule has 0 amide bonds. The van der Waals surface area contributed by atoms with E-state index < -0.39 is 24.1 Å². The minimum Gasteiger partial charge on any atom is -0.479 e. The summed E-state index contributed by atoms with van der Waals surface area (Å²) in [5.74, 6) is -3.12. The SMILES string of the molecule is O=C(O)C(O)C(O)C(=O)O.O=C1CC1. The maximum Gasteiger partial charge on any atom is 0.335 e. The molecule has 80 valence electrons. The molecule has 0 radical (unpaired) electrons. The highest BCUT2D eigenvalue weighted by atomic mass is 16.4. The number of rotatable bonds is 3. The highest BCUT2D eigenvalue weighted by molar-refractivity contribution is 5.92. The Hall–Kier alpha value is -1.47. The summed E-state index contributed by atoms with van der Waals surface area (Å²) in [6.45, 7) is 0. The lowest BCUT2D eigenvalue weighted by atomic mass is 10.2. The van der Waals surface area contributed by atoms with Gasteiger partial charge in [-0.3, -0.25) is 4.79 Å². The molecule has 0 aromatic carbocycles. The first-order valence-corrected chi connectivity index (χ1v) is 3.69. The number of carbonyl (C=O) groups excluding carboxylic acids is 1. The second-order valence-electron chi connectivity index (χ2n) is 2.60. The van der Waals surface area contributed by atoms with Crippen molar-refractivity contribution in [2.45, 2.75) is 25.0 Å². The van der Waals surface area contributed by atoms with Crippen LogP contribution in [0.2, 0.25) is 0 Å². The summed E-state index contributed by atoms with van der Waals surface area (Å²) in [4.78, 5) is 29.1. The van der Waals surface area contributed by atoms with Crippen molar-refractivity contribution in [3.63, 3.8) is 0 Å². The summed E-state index contributed by atoms with van der Waals surface area (Å²) < 4.78 is 0. The lowest BCUT2D eigenvalue weighted by molar-refractivity contribution is -0.165. The number of hydrogen-bond acceptors (Lipinski definition) is 5. The molecule has 0 aromatic rings. The number of carboxylic acids is 2. The third kappa shape index (κ3) is 5.22. The lowest BCUT2D eigenvalue weighted by Gasteiger charge is -2.07. The van der Waals surface area contributed by atoms with Crippen LogP contribution in [0, 0.1) is 0 Å². The molecule has 14 heavy (non-hydrogen) atoms. The van der Waals surface area contributed by atoms with Crippen LogP contribution in [0.3, 0.4) is 0 Å². The number of aliphatic hydroxyl groups is 2. The van der Waals surface area contributed by atoms with Crippen molar-refractivity contribution in [1.82, 2.24) is 0 Å². The Bertz CT molecular complexity index is 222. The second-order valence-corrected chi connectivity index (χ2v) is 2.60. The van der Waals surface area contributed by atoms with E-state index in [9.17, 15) is 14.4 Å². The monoisotopic (exact) mass is 206 g/mol. The molecular weight excluding hydrogens is 196 g/mol. The van der Waals surface area contributed by atoms with Gasteiger partial charge < -0.3 is 20.4 Å². The van der Waals surface area contributed by atoms with Crippen LogP contribution in [-0.4, -0.2) is 50.4 Å². The van der Waals surface area contributed by atoms with Crippen LogP contribution in [0.25, 0.3) is 0 Å². The van der Waals surface area contributed by atoms with Gasteiger partial charge in [-0.05, 0) is 0 Å². The summed E-state index contributed by atoms with van der Waals surface area (Å²) in [5.41, 5.74) is 0. The van der Waals surface area contributed by atoms with E-state index in [1.54, 1.807) is 0 Å². The van der Waals surface area contributed by atoms with Gasteiger partial charge >= 0.3 is 11.9 Å². The average molecular weight is 206 g/mol. The van der Waals surface area contributed by atoms with Gasteiger partial charge in [0.25, 0.3) is 0 Å². The molecule has 1 fully saturated rings. The topological polar surface area (TPSA) is 132 Å². The van der Waals surface area contributed by atoms with Crippen molar-refractivity contribution in [2.75, 3.05) is 0 Å². The fourth-order valence-electron chi connectivity index (χ4n) is 0.321. The Morgan fingerprint density at radius 1 is 1.00 bits per heavy atom. The number of hydrogen-bond donors (Lipinski definition) is 4. The van der Waals surface area contributed by atoms with E-state index in [0.717, 1.165) is 12.8 Å². The normalized spacial score (nSPS) is 17.4.